The van der Waals surface area contributed by atoms with Crippen molar-refractivity contribution in [3.05, 3.63) is 83.9 Å². The molecule has 44 heavy (non-hydrogen) atoms. The smallest absolute Gasteiger partial charge is 0.408 e. The number of amides is 4. The van der Waals surface area contributed by atoms with Crippen molar-refractivity contribution in [2.75, 3.05) is 12.9 Å². The van der Waals surface area contributed by atoms with Crippen LogP contribution in [0, 0.1) is 0 Å². The first-order chi connectivity index (χ1) is 21.2. The predicted octanol–water partition coefficient (Wildman–Crippen LogP) is 3.02. The van der Waals surface area contributed by atoms with Gasteiger partial charge in [0.05, 0.1) is 6.61 Å². The van der Waals surface area contributed by atoms with Crippen LogP contribution in [0.1, 0.15) is 44.2 Å². The van der Waals surface area contributed by atoms with Crippen LogP contribution >= 0.6 is 11.8 Å². The quantitative estimate of drug-likeness (QED) is 0.145. The number of thioether (sulfide) groups is 1. The van der Waals surface area contributed by atoms with Crippen molar-refractivity contribution in [3.8, 4) is 0 Å². The molecule has 4 atom stereocenters. The second-order valence-electron chi connectivity index (χ2n) is 9.85. The lowest BCUT2D eigenvalue weighted by Gasteiger charge is -2.28. The highest BCUT2D eigenvalue weighted by Crippen LogP contribution is 2.17. The van der Waals surface area contributed by atoms with Crippen LogP contribution in [0.25, 0.3) is 0 Å². The zero-order chi connectivity index (χ0) is 32.3. The van der Waals surface area contributed by atoms with Crippen molar-refractivity contribution in [2.45, 2.75) is 69.5 Å². The molecule has 0 aliphatic heterocycles. The van der Waals surface area contributed by atoms with Crippen LogP contribution in [0.3, 0.4) is 0 Å². The van der Waals surface area contributed by atoms with Gasteiger partial charge in [0, 0.05) is 30.2 Å². The number of carbonyl (C=O) groups is 5. The summed E-state index contributed by atoms with van der Waals surface area (Å²) in [6.45, 7) is 3.77. The summed E-state index contributed by atoms with van der Waals surface area (Å²) >= 11 is 1.41. The lowest BCUT2D eigenvalue weighted by molar-refractivity contribution is -0.137. The molecule has 0 saturated heterocycles. The van der Waals surface area contributed by atoms with Gasteiger partial charge in [-0.25, -0.2) is 9.59 Å². The van der Waals surface area contributed by atoms with Gasteiger partial charge >= 0.3 is 12.1 Å². The van der Waals surface area contributed by atoms with Gasteiger partial charge in [-0.05, 0) is 37.1 Å². The van der Waals surface area contributed by atoms with Crippen LogP contribution in [0.5, 0.6) is 0 Å². The Labute approximate surface area is 262 Å². The van der Waals surface area contributed by atoms with E-state index in [-0.39, 0.29) is 37.7 Å². The maximum atomic E-state index is 13.7. The Morgan fingerprint density at radius 1 is 0.864 bits per heavy atom. The number of rotatable bonds is 18. The fraction of sp³-hybridized carbons (Fsp3) is 0.406. The van der Waals surface area contributed by atoms with Crippen molar-refractivity contribution in [3.63, 3.8) is 0 Å². The molecular formula is C32H42N4O7S. The summed E-state index contributed by atoms with van der Waals surface area (Å²) in [6.07, 6.45) is 4.45. The molecule has 11 nitrogen and oxygen atoms in total. The number of benzene rings is 2. The molecule has 0 aromatic heterocycles. The lowest BCUT2D eigenvalue weighted by atomic mass is 10.0. The van der Waals surface area contributed by atoms with E-state index >= 15 is 0 Å². The highest BCUT2D eigenvalue weighted by molar-refractivity contribution is 7.99. The van der Waals surface area contributed by atoms with Gasteiger partial charge in [0.15, 0.2) is 0 Å². The molecule has 0 spiro atoms. The van der Waals surface area contributed by atoms with Gasteiger partial charge in [0.2, 0.25) is 17.7 Å². The molecule has 0 radical (unpaired) electrons. The third kappa shape index (κ3) is 13.3. The third-order valence-electron chi connectivity index (χ3n) is 6.54. The maximum Gasteiger partial charge on any atom is 0.408 e. The molecule has 0 aliphatic rings. The Bertz CT molecular complexity index is 1240. The Hall–Kier alpha value is -4.32. The molecule has 0 heterocycles. The molecule has 12 heteroatoms. The monoisotopic (exact) mass is 626 g/mol. The minimum absolute atomic E-state index is 0.0299. The Morgan fingerprint density at radius 3 is 2.07 bits per heavy atom. The number of hydrogen-bond donors (Lipinski definition) is 4. The van der Waals surface area contributed by atoms with Gasteiger partial charge in [0.1, 0.15) is 18.7 Å². The fourth-order valence-corrected chi connectivity index (χ4v) is 5.06. The van der Waals surface area contributed by atoms with E-state index in [1.165, 1.54) is 23.9 Å². The first-order valence-electron chi connectivity index (χ1n) is 14.4. The predicted molar refractivity (Wildman–Crippen MR) is 169 cm³/mol. The minimum Gasteiger partial charge on any atom is -0.463 e. The Morgan fingerprint density at radius 2 is 1.50 bits per heavy atom. The number of ether oxygens (including phenoxy) is 2. The zero-order valence-corrected chi connectivity index (χ0v) is 26.1. The van der Waals surface area contributed by atoms with Crippen LogP contribution in [0.15, 0.2) is 72.8 Å². The number of hydrogen-bond acceptors (Lipinski definition) is 8. The second-order valence-corrected chi connectivity index (χ2v) is 10.9. The van der Waals surface area contributed by atoms with Crippen LogP contribution in [-0.4, -0.2) is 66.0 Å². The summed E-state index contributed by atoms with van der Waals surface area (Å²) < 4.78 is 10.3. The van der Waals surface area contributed by atoms with E-state index in [0.29, 0.717) is 6.42 Å². The van der Waals surface area contributed by atoms with Crippen molar-refractivity contribution < 1.29 is 33.4 Å². The van der Waals surface area contributed by atoms with Crippen LogP contribution in [-0.2, 0) is 41.7 Å². The van der Waals surface area contributed by atoms with E-state index in [4.69, 9.17) is 15.2 Å². The molecule has 5 N–H and O–H groups in total. The van der Waals surface area contributed by atoms with E-state index in [1.54, 1.807) is 6.92 Å². The number of esters is 1. The molecule has 0 aliphatic carbocycles. The first-order valence-corrected chi connectivity index (χ1v) is 15.7. The molecule has 0 bridgehead atoms. The molecule has 1 unspecified atom stereocenters. The summed E-state index contributed by atoms with van der Waals surface area (Å²) in [5, 5.41) is 7.97. The van der Waals surface area contributed by atoms with Crippen molar-refractivity contribution in [2.24, 2.45) is 5.73 Å². The van der Waals surface area contributed by atoms with E-state index in [0.717, 1.165) is 11.1 Å². The molecule has 2 rings (SSSR count). The number of nitrogens with one attached hydrogen (secondary N) is 3. The van der Waals surface area contributed by atoms with Gasteiger partial charge in [-0.15, -0.1) is 0 Å². The van der Waals surface area contributed by atoms with Crippen LogP contribution < -0.4 is 21.7 Å². The van der Waals surface area contributed by atoms with E-state index in [9.17, 15) is 24.0 Å². The van der Waals surface area contributed by atoms with Crippen molar-refractivity contribution >= 4 is 41.5 Å². The number of alkyl carbamates (subject to hydrolysis) is 1. The van der Waals surface area contributed by atoms with E-state index < -0.39 is 47.9 Å². The van der Waals surface area contributed by atoms with E-state index in [1.807, 2.05) is 73.8 Å². The molecule has 4 amide bonds. The topological polar surface area (TPSA) is 166 Å². The molecular weight excluding hydrogens is 584 g/mol. The summed E-state index contributed by atoms with van der Waals surface area (Å²) in [7, 11) is 0. The van der Waals surface area contributed by atoms with Gasteiger partial charge in [0.25, 0.3) is 0 Å². The minimum atomic E-state index is -1.05. The van der Waals surface area contributed by atoms with E-state index in [2.05, 4.69) is 16.0 Å². The average molecular weight is 627 g/mol. The normalized spacial score (nSPS) is 13.6. The highest BCUT2D eigenvalue weighted by atomic mass is 32.2. The highest BCUT2D eigenvalue weighted by Gasteiger charge is 2.32. The molecule has 2 aromatic carbocycles. The van der Waals surface area contributed by atoms with Crippen molar-refractivity contribution in [1.82, 2.24) is 16.0 Å². The molecule has 238 valence electrons. The van der Waals surface area contributed by atoms with Gasteiger partial charge in [-0.2, -0.15) is 11.8 Å². The standard InChI is InChI=1S/C32H42N4O7S/c1-4-26(44-3)29(36-32(41)43-21-23-14-10-7-11-15-23)31(40)35-25(20-22-12-8-6-9-13-22)30(39)34-24(16-18-27(33)37)17-19-28(38)42-5-2/h6-15,17,19,24-26,29H,4-5,16,18,20-21H2,1-3H3,(H2,33,37)(H,34,39)(H,35,40)(H,36,41)/b19-17+/t24-,25-,26?,29-/m0/s1. The van der Waals surface area contributed by atoms with Gasteiger partial charge < -0.3 is 31.2 Å². The van der Waals surface area contributed by atoms with Gasteiger partial charge in [-0.1, -0.05) is 73.7 Å². The number of nitrogens with two attached hydrogens (primary N) is 1. The molecule has 0 saturated carbocycles. The Balaban J connectivity index is 2.26. The lowest BCUT2D eigenvalue weighted by Crippen LogP contribution is -2.58. The summed E-state index contributed by atoms with van der Waals surface area (Å²) in [4.78, 5) is 63.4. The van der Waals surface area contributed by atoms with Crippen LogP contribution in [0.4, 0.5) is 4.79 Å². The first kappa shape index (κ1) is 35.9. The molecule has 2 aromatic rings. The molecule has 0 fully saturated rings. The number of primary amides is 1. The van der Waals surface area contributed by atoms with Gasteiger partial charge in [-0.3, -0.25) is 14.4 Å². The fourth-order valence-electron chi connectivity index (χ4n) is 4.26. The third-order valence-corrected chi connectivity index (χ3v) is 7.75. The van der Waals surface area contributed by atoms with Crippen LogP contribution in [0.2, 0.25) is 0 Å². The average Bonchev–Trinajstić information content (AvgIpc) is 3.02. The number of carbonyl (C=O) groups excluding carboxylic acids is 5. The Kier molecular flexibility index (Phi) is 16.1. The second kappa shape index (κ2) is 19.8. The SMILES string of the molecule is CCOC(=O)/C=C/[C@H](CCC(N)=O)NC(=O)[C@H](Cc1ccccc1)NC(=O)[C@@H](NC(=O)OCc1ccccc1)C(CC)SC. The van der Waals surface area contributed by atoms with Crippen molar-refractivity contribution in [1.29, 1.82) is 0 Å². The zero-order valence-electron chi connectivity index (χ0n) is 25.3. The maximum absolute atomic E-state index is 13.7. The summed E-state index contributed by atoms with van der Waals surface area (Å²) in [6, 6.07) is 15.5. The summed E-state index contributed by atoms with van der Waals surface area (Å²) in [5.74, 6) is -2.28. The largest absolute Gasteiger partial charge is 0.463 e. The summed E-state index contributed by atoms with van der Waals surface area (Å²) in [5.41, 5.74) is 6.89.